The molecule has 0 unspecified atom stereocenters. The number of hydrogen-bond acceptors (Lipinski definition) is 3. The molecule has 3 aromatic rings. The Balaban J connectivity index is 1.81. The van der Waals surface area contributed by atoms with Crippen molar-refractivity contribution < 1.29 is 14.7 Å². The second kappa shape index (κ2) is 6.04. The molecule has 28 heavy (non-hydrogen) atoms. The fourth-order valence-corrected chi connectivity index (χ4v) is 4.43. The van der Waals surface area contributed by atoms with Gasteiger partial charge in [0.05, 0.1) is 5.69 Å². The van der Waals surface area contributed by atoms with Crippen molar-refractivity contribution in [3.8, 4) is 0 Å². The highest BCUT2D eigenvalue weighted by atomic mass is 16.3. The number of aliphatic hydroxyl groups excluding tert-OH is 1. The van der Waals surface area contributed by atoms with Crippen molar-refractivity contribution in [1.29, 1.82) is 0 Å². The molecule has 2 amide bonds. The molecule has 2 atom stereocenters. The van der Waals surface area contributed by atoms with E-state index in [0.717, 1.165) is 16.8 Å². The second-order valence-corrected chi connectivity index (χ2v) is 7.04. The Morgan fingerprint density at radius 3 is 2.14 bits per heavy atom. The normalized spacial score (nSPS) is 23.5. The van der Waals surface area contributed by atoms with Crippen LogP contribution in [0.3, 0.4) is 0 Å². The van der Waals surface area contributed by atoms with E-state index in [2.05, 4.69) is 0 Å². The highest BCUT2D eigenvalue weighted by Gasteiger charge is 2.64. The van der Waals surface area contributed by atoms with Gasteiger partial charge in [-0.2, -0.15) is 0 Å². The van der Waals surface area contributed by atoms with Crippen molar-refractivity contribution in [2.75, 3.05) is 11.4 Å². The molecule has 2 aliphatic rings. The van der Waals surface area contributed by atoms with E-state index < -0.39 is 17.6 Å². The number of fused-ring (bicyclic) bond motifs is 3. The molecule has 0 spiro atoms. The van der Waals surface area contributed by atoms with Gasteiger partial charge in [0.25, 0.3) is 11.8 Å². The van der Waals surface area contributed by atoms with Crippen LogP contribution >= 0.6 is 0 Å². The van der Waals surface area contributed by atoms with Crippen molar-refractivity contribution in [2.24, 2.45) is 0 Å². The minimum absolute atomic E-state index is 0.103. The number of β-lactam (4-membered cyclic amide) rings is 1. The zero-order chi connectivity index (χ0) is 19.3. The van der Waals surface area contributed by atoms with Gasteiger partial charge in [0.15, 0.2) is 6.10 Å². The quantitative estimate of drug-likeness (QED) is 0.706. The van der Waals surface area contributed by atoms with E-state index in [1.54, 1.807) is 4.90 Å². The fraction of sp³-hybridized carbons (Fsp3) is 0.130. The van der Waals surface area contributed by atoms with E-state index in [1.165, 1.54) is 4.90 Å². The molecule has 1 fully saturated rings. The molecule has 0 aromatic heterocycles. The average Bonchev–Trinajstić information content (AvgIpc) is 2.85. The summed E-state index contributed by atoms with van der Waals surface area (Å²) in [6, 6.07) is 26.3. The predicted molar refractivity (Wildman–Crippen MR) is 105 cm³/mol. The highest BCUT2D eigenvalue weighted by Crippen LogP contribution is 2.52. The van der Waals surface area contributed by atoms with Gasteiger partial charge >= 0.3 is 0 Å². The lowest BCUT2D eigenvalue weighted by Crippen LogP contribution is -2.72. The molecule has 0 aliphatic carbocycles. The van der Waals surface area contributed by atoms with Gasteiger partial charge in [-0.05, 0) is 23.8 Å². The smallest absolute Gasteiger partial charge is 0.256 e. The van der Waals surface area contributed by atoms with Gasteiger partial charge in [0, 0.05) is 11.3 Å². The molecule has 3 aromatic carbocycles. The van der Waals surface area contributed by atoms with Crippen molar-refractivity contribution in [3.05, 3.63) is 96.1 Å². The number of amides is 2. The van der Waals surface area contributed by atoms with Crippen LogP contribution in [0.2, 0.25) is 0 Å². The maximum absolute atomic E-state index is 13.2. The van der Waals surface area contributed by atoms with Crippen LogP contribution in [0, 0.1) is 0 Å². The lowest BCUT2D eigenvalue weighted by atomic mass is 9.69. The molecule has 5 rings (SSSR count). The van der Waals surface area contributed by atoms with E-state index in [9.17, 15) is 14.7 Å². The first kappa shape index (κ1) is 16.7. The van der Waals surface area contributed by atoms with Crippen LogP contribution in [0.25, 0.3) is 0 Å². The molecule has 5 nitrogen and oxygen atoms in total. The molecule has 5 heteroatoms. The van der Waals surface area contributed by atoms with E-state index >= 15 is 0 Å². The molecule has 1 N–H and O–H groups in total. The number of benzene rings is 3. The van der Waals surface area contributed by atoms with Crippen LogP contribution in [-0.4, -0.2) is 34.5 Å². The Morgan fingerprint density at radius 2 is 1.43 bits per heavy atom. The van der Waals surface area contributed by atoms with E-state index in [1.807, 2.05) is 84.9 Å². The molecule has 2 aliphatic heterocycles. The summed E-state index contributed by atoms with van der Waals surface area (Å²) in [6.45, 7) is -0.103. The maximum Gasteiger partial charge on any atom is 0.256 e. The molecule has 0 radical (unpaired) electrons. The number of carbonyl (C=O) groups excluding carboxylic acids is 2. The van der Waals surface area contributed by atoms with Gasteiger partial charge in [0.1, 0.15) is 12.1 Å². The predicted octanol–water partition coefficient (Wildman–Crippen LogP) is 2.81. The standard InChI is InChI=1S/C23H18N2O3/c26-20-15-24-22(28)21(27)23(24,16-9-3-1-4-10-16)18-13-7-8-14-19(18)25(20)17-11-5-2-6-12-17/h1-14,21,27H,15H2/t21-,23-/m1/s1. The van der Waals surface area contributed by atoms with Gasteiger partial charge in [-0.15, -0.1) is 0 Å². The first-order chi connectivity index (χ1) is 13.7. The van der Waals surface area contributed by atoms with Crippen molar-refractivity contribution in [1.82, 2.24) is 4.90 Å². The SMILES string of the molecule is O=C1CN2C(=O)[C@@H](O)[C@@]2(c2ccccc2)c2ccccc2N1c1ccccc1. The zero-order valence-corrected chi connectivity index (χ0v) is 15.0. The molecule has 2 heterocycles. The van der Waals surface area contributed by atoms with Crippen molar-refractivity contribution in [2.45, 2.75) is 11.6 Å². The third-order valence-electron chi connectivity index (χ3n) is 5.65. The summed E-state index contributed by atoms with van der Waals surface area (Å²) in [5.41, 5.74) is 1.86. The Morgan fingerprint density at radius 1 is 0.821 bits per heavy atom. The van der Waals surface area contributed by atoms with Crippen LogP contribution in [-0.2, 0) is 15.1 Å². The summed E-state index contributed by atoms with van der Waals surface area (Å²) in [5, 5.41) is 10.9. The van der Waals surface area contributed by atoms with Crippen LogP contribution in [0.4, 0.5) is 11.4 Å². The zero-order valence-electron chi connectivity index (χ0n) is 15.0. The summed E-state index contributed by atoms with van der Waals surface area (Å²) in [5.74, 6) is -0.640. The van der Waals surface area contributed by atoms with E-state index in [4.69, 9.17) is 0 Å². The summed E-state index contributed by atoms with van der Waals surface area (Å²) in [6.07, 6.45) is -1.24. The van der Waals surface area contributed by atoms with Gasteiger partial charge in [-0.25, -0.2) is 0 Å². The van der Waals surface area contributed by atoms with Crippen LogP contribution in [0.15, 0.2) is 84.9 Å². The lowest BCUT2D eigenvalue weighted by molar-refractivity contribution is -0.181. The summed E-state index contributed by atoms with van der Waals surface area (Å²) in [7, 11) is 0. The monoisotopic (exact) mass is 370 g/mol. The number of carbonyl (C=O) groups is 2. The molecule has 138 valence electrons. The minimum Gasteiger partial charge on any atom is -0.380 e. The largest absolute Gasteiger partial charge is 0.380 e. The first-order valence-corrected chi connectivity index (χ1v) is 9.18. The van der Waals surface area contributed by atoms with Crippen LogP contribution in [0.5, 0.6) is 0 Å². The Labute approximate surface area is 162 Å². The summed E-state index contributed by atoms with van der Waals surface area (Å²) < 4.78 is 0. The van der Waals surface area contributed by atoms with E-state index in [-0.39, 0.29) is 12.5 Å². The Hall–Kier alpha value is -3.44. The Kier molecular flexibility index (Phi) is 3.60. The third-order valence-corrected chi connectivity index (χ3v) is 5.65. The van der Waals surface area contributed by atoms with Gasteiger partial charge < -0.3 is 10.0 Å². The number of rotatable bonds is 2. The topological polar surface area (TPSA) is 60.9 Å². The summed E-state index contributed by atoms with van der Waals surface area (Å²) in [4.78, 5) is 29.0. The Bertz CT molecular complexity index is 1070. The molecule has 0 bridgehead atoms. The molecular weight excluding hydrogens is 352 g/mol. The molecule has 1 saturated heterocycles. The average molecular weight is 370 g/mol. The van der Waals surface area contributed by atoms with Gasteiger partial charge in [-0.3, -0.25) is 14.5 Å². The van der Waals surface area contributed by atoms with Crippen LogP contribution < -0.4 is 4.90 Å². The van der Waals surface area contributed by atoms with Crippen molar-refractivity contribution in [3.63, 3.8) is 0 Å². The van der Waals surface area contributed by atoms with Crippen molar-refractivity contribution >= 4 is 23.2 Å². The minimum atomic E-state index is -1.24. The second-order valence-electron chi connectivity index (χ2n) is 7.04. The maximum atomic E-state index is 13.2. The highest BCUT2D eigenvalue weighted by molar-refractivity contribution is 6.08. The molecule has 0 saturated carbocycles. The summed E-state index contributed by atoms with van der Waals surface area (Å²) >= 11 is 0. The lowest BCUT2D eigenvalue weighted by Gasteiger charge is -2.54. The fourth-order valence-electron chi connectivity index (χ4n) is 4.43. The van der Waals surface area contributed by atoms with Gasteiger partial charge in [0.2, 0.25) is 0 Å². The van der Waals surface area contributed by atoms with E-state index in [0.29, 0.717) is 5.69 Å². The number of para-hydroxylation sites is 2. The number of anilines is 2. The molecular formula is C23H18N2O3. The van der Waals surface area contributed by atoms with Gasteiger partial charge in [-0.1, -0.05) is 66.7 Å². The number of nitrogens with zero attached hydrogens (tertiary/aromatic N) is 2. The number of aliphatic hydroxyl groups is 1. The third kappa shape index (κ3) is 2.05. The first-order valence-electron chi connectivity index (χ1n) is 9.18. The number of hydrogen-bond donors (Lipinski definition) is 1. The van der Waals surface area contributed by atoms with Crippen LogP contribution in [0.1, 0.15) is 11.1 Å².